The van der Waals surface area contributed by atoms with Crippen LogP contribution in [0.15, 0.2) is 33.8 Å². The van der Waals surface area contributed by atoms with Crippen molar-refractivity contribution in [3.8, 4) is 11.5 Å². The normalized spacial score (nSPS) is 10.8. The molecule has 22 heavy (non-hydrogen) atoms. The summed E-state index contributed by atoms with van der Waals surface area (Å²) >= 11 is 0. The second-order valence-electron chi connectivity index (χ2n) is 4.33. The lowest BCUT2D eigenvalue weighted by atomic mass is 10.2. The fraction of sp³-hybridized carbons (Fsp3) is 0.286. The van der Waals surface area contributed by atoms with Gasteiger partial charge < -0.3 is 25.0 Å². The zero-order valence-corrected chi connectivity index (χ0v) is 15.0. The Morgan fingerprint density at radius 3 is 2.68 bits per heavy atom. The molecule has 0 radical (unpaired) electrons. The average molecular weight is 418 g/mol. The largest absolute Gasteiger partial charge is 0.497 e. The molecule has 2 rings (SSSR count). The molecule has 0 atom stereocenters. The molecule has 120 valence electrons. The average Bonchev–Trinajstić information content (AvgIpc) is 2.90. The Balaban J connectivity index is 0.00000242. The molecule has 0 aliphatic heterocycles. The minimum absolute atomic E-state index is 0. The van der Waals surface area contributed by atoms with E-state index >= 15 is 0 Å². The van der Waals surface area contributed by atoms with Crippen LogP contribution in [-0.2, 0) is 6.54 Å². The Hall–Kier alpha value is -1.97. The van der Waals surface area contributed by atoms with E-state index in [2.05, 4.69) is 15.5 Å². The number of anilines is 1. The summed E-state index contributed by atoms with van der Waals surface area (Å²) in [5, 5.41) is 6.76. The van der Waals surface area contributed by atoms with Crippen LogP contribution in [0.5, 0.6) is 11.5 Å². The predicted molar refractivity (Wildman–Crippen MR) is 95.2 cm³/mol. The van der Waals surface area contributed by atoms with Crippen LogP contribution in [0.3, 0.4) is 0 Å². The lowest BCUT2D eigenvalue weighted by Crippen LogP contribution is -2.23. The summed E-state index contributed by atoms with van der Waals surface area (Å²) < 4.78 is 15.5. The van der Waals surface area contributed by atoms with Crippen molar-refractivity contribution in [1.82, 2.24) is 5.16 Å². The van der Waals surface area contributed by atoms with Crippen LogP contribution in [0, 0.1) is 6.92 Å². The SMILES string of the molecule is COc1ccc(OC)c(NC(N)=NCc2cc(C)no2)c1.I. The van der Waals surface area contributed by atoms with Crippen molar-refractivity contribution in [2.75, 3.05) is 19.5 Å². The first-order valence-corrected chi connectivity index (χ1v) is 6.33. The zero-order valence-electron chi connectivity index (χ0n) is 12.6. The number of nitrogens with zero attached hydrogens (tertiary/aromatic N) is 2. The molecule has 0 saturated carbocycles. The molecular formula is C14H19IN4O3. The van der Waals surface area contributed by atoms with Crippen molar-refractivity contribution in [2.45, 2.75) is 13.5 Å². The second-order valence-corrected chi connectivity index (χ2v) is 4.33. The minimum Gasteiger partial charge on any atom is -0.497 e. The number of halogens is 1. The van der Waals surface area contributed by atoms with Gasteiger partial charge in [-0.2, -0.15) is 0 Å². The highest BCUT2D eigenvalue weighted by Crippen LogP contribution is 2.28. The van der Waals surface area contributed by atoms with Crippen LogP contribution in [0.25, 0.3) is 0 Å². The van der Waals surface area contributed by atoms with Crippen molar-refractivity contribution in [1.29, 1.82) is 0 Å². The quantitative estimate of drug-likeness (QED) is 0.440. The molecule has 0 aliphatic carbocycles. The zero-order chi connectivity index (χ0) is 15.2. The van der Waals surface area contributed by atoms with Gasteiger partial charge in [0.1, 0.15) is 18.0 Å². The third-order valence-electron chi connectivity index (χ3n) is 2.75. The first-order valence-electron chi connectivity index (χ1n) is 6.33. The van der Waals surface area contributed by atoms with E-state index in [1.165, 1.54) is 0 Å². The molecule has 1 aromatic carbocycles. The second kappa shape index (κ2) is 8.47. The van der Waals surface area contributed by atoms with E-state index in [1.54, 1.807) is 32.4 Å². The number of hydrogen-bond acceptors (Lipinski definition) is 5. The lowest BCUT2D eigenvalue weighted by molar-refractivity contribution is 0.381. The molecular weight excluding hydrogens is 399 g/mol. The van der Waals surface area contributed by atoms with E-state index in [4.69, 9.17) is 19.7 Å². The van der Waals surface area contributed by atoms with Gasteiger partial charge in [0.25, 0.3) is 0 Å². The molecule has 0 amide bonds. The molecule has 0 unspecified atom stereocenters. The van der Waals surface area contributed by atoms with Crippen molar-refractivity contribution in [3.63, 3.8) is 0 Å². The maximum absolute atomic E-state index is 5.86. The number of hydrogen-bond donors (Lipinski definition) is 2. The lowest BCUT2D eigenvalue weighted by Gasteiger charge is -2.11. The van der Waals surface area contributed by atoms with Crippen LogP contribution in [0.2, 0.25) is 0 Å². The Bertz CT molecular complexity index is 643. The van der Waals surface area contributed by atoms with E-state index in [-0.39, 0.29) is 29.9 Å². The van der Waals surface area contributed by atoms with Gasteiger partial charge in [-0.05, 0) is 19.1 Å². The molecule has 7 nitrogen and oxygen atoms in total. The molecule has 0 fully saturated rings. The maximum atomic E-state index is 5.86. The summed E-state index contributed by atoms with van der Waals surface area (Å²) in [5.74, 6) is 2.23. The standard InChI is InChI=1S/C14H18N4O3.HI/c1-9-6-11(21-18-9)8-16-14(15)17-12-7-10(19-2)4-5-13(12)20-3;/h4-7H,8H2,1-3H3,(H3,15,16,17);1H. The summed E-state index contributed by atoms with van der Waals surface area (Å²) in [4.78, 5) is 4.19. The van der Waals surface area contributed by atoms with Crippen molar-refractivity contribution in [2.24, 2.45) is 10.7 Å². The first kappa shape index (κ1) is 18.1. The smallest absolute Gasteiger partial charge is 0.193 e. The van der Waals surface area contributed by atoms with E-state index in [0.29, 0.717) is 29.5 Å². The Morgan fingerprint density at radius 2 is 2.09 bits per heavy atom. The van der Waals surface area contributed by atoms with Crippen molar-refractivity contribution < 1.29 is 14.0 Å². The number of nitrogens with two attached hydrogens (primary N) is 1. The number of nitrogens with one attached hydrogen (secondary N) is 1. The molecule has 0 bridgehead atoms. The van der Waals surface area contributed by atoms with Crippen LogP contribution < -0.4 is 20.5 Å². The monoisotopic (exact) mass is 418 g/mol. The van der Waals surface area contributed by atoms with Gasteiger partial charge in [0.05, 0.1) is 25.6 Å². The van der Waals surface area contributed by atoms with Gasteiger partial charge >= 0.3 is 0 Å². The Labute approximate surface area is 145 Å². The number of aliphatic imine (C=N–C) groups is 1. The number of aryl methyl sites for hydroxylation is 1. The summed E-state index contributed by atoms with van der Waals surface area (Å²) in [5.41, 5.74) is 7.34. The fourth-order valence-corrected chi connectivity index (χ4v) is 1.74. The van der Waals surface area contributed by atoms with E-state index in [0.717, 1.165) is 5.69 Å². The molecule has 1 heterocycles. The van der Waals surface area contributed by atoms with Gasteiger partial charge in [-0.15, -0.1) is 24.0 Å². The number of ether oxygens (including phenoxy) is 2. The highest BCUT2D eigenvalue weighted by molar-refractivity contribution is 14.0. The number of benzene rings is 1. The highest BCUT2D eigenvalue weighted by atomic mass is 127. The third-order valence-corrected chi connectivity index (χ3v) is 2.75. The van der Waals surface area contributed by atoms with Gasteiger partial charge in [-0.3, -0.25) is 0 Å². The van der Waals surface area contributed by atoms with Gasteiger partial charge in [-0.25, -0.2) is 4.99 Å². The summed E-state index contributed by atoms with van der Waals surface area (Å²) in [6.45, 7) is 2.16. The van der Waals surface area contributed by atoms with Gasteiger partial charge in [-0.1, -0.05) is 5.16 Å². The molecule has 8 heteroatoms. The van der Waals surface area contributed by atoms with Crippen LogP contribution in [-0.4, -0.2) is 25.3 Å². The molecule has 0 aliphatic rings. The summed E-state index contributed by atoms with van der Waals surface area (Å²) in [6, 6.07) is 7.17. The summed E-state index contributed by atoms with van der Waals surface area (Å²) in [6.07, 6.45) is 0. The number of guanidine groups is 1. The molecule has 2 aromatic rings. The van der Waals surface area contributed by atoms with Gasteiger partial charge in [0.15, 0.2) is 11.7 Å². The van der Waals surface area contributed by atoms with Crippen LogP contribution in [0.4, 0.5) is 5.69 Å². The minimum atomic E-state index is 0. The maximum Gasteiger partial charge on any atom is 0.193 e. The molecule has 0 spiro atoms. The Morgan fingerprint density at radius 1 is 1.32 bits per heavy atom. The van der Waals surface area contributed by atoms with Crippen molar-refractivity contribution >= 4 is 35.6 Å². The fourth-order valence-electron chi connectivity index (χ4n) is 1.74. The topological polar surface area (TPSA) is 94.9 Å². The van der Waals surface area contributed by atoms with E-state index < -0.39 is 0 Å². The van der Waals surface area contributed by atoms with Crippen LogP contribution in [0.1, 0.15) is 11.5 Å². The number of methoxy groups -OCH3 is 2. The molecule has 1 aromatic heterocycles. The number of aromatic nitrogens is 1. The van der Waals surface area contributed by atoms with Gasteiger partial charge in [0, 0.05) is 12.1 Å². The third kappa shape index (κ3) is 4.79. The molecule has 0 saturated heterocycles. The Kier molecular flexibility index (Phi) is 6.96. The number of rotatable bonds is 5. The van der Waals surface area contributed by atoms with Gasteiger partial charge in [0.2, 0.25) is 0 Å². The summed E-state index contributed by atoms with van der Waals surface area (Å²) in [7, 11) is 3.17. The van der Waals surface area contributed by atoms with Crippen molar-refractivity contribution in [3.05, 3.63) is 35.7 Å². The predicted octanol–water partition coefficient (Wildman–Crippen LogP) is 2.55. The molecule has 3 N–H and O–H groups in total. The highest BCUT2D eigenvalue weighted by Gasteiger charge is 2.06. The van der Waals surface area contributed by atoms with Crippen LogP contribution >= 0.6 is 24.0 Å². The van der Waals surface area contributed by atoms with E-state index in [1.807, 2.05) is 13.0 Å². The first-order chi connectivity index (χ1) is 10.1. The van der Waals surface area contributed by atoms with E-state index in [9.17, 15) is 0 Å².